The maximum Gasteiger partial charge on any atom is 0.171 e. The molecular weight excluding hydrogens is 444 g/mol. The molecule has 0 aromatic heterocycles. The molecule has 0 amide bonds. The Kier molecular flexibility index (Phi) is 7.02. The van der Waals surface area contributed by atoms with Crippen molar-refractivity contribution in [2.45, 2.75) is 83.1 Å². The van der Waals surface area contributed by atoms with Gasteiger partial charge < -0.3 is 9.80 Å². The summed E-state index contributed by atoms with van der Waals surface area (Å²) in [4.78, 5) is 32.6. The van der Waals surface area contributed by atoms with Crippen molar-refractivity contribution in [3.63, 3.8) is 0 Å². The van der Waals surface area contributed by atoms with Gasteiger partial charge in [0.1, 0.15) is 0 Å². The Labute approximate surface area is 219 Å². The fraction of sp³-hybridized carbons (Fsp3) is 0.562. The quantitative estimate of drug-likeness (QED) is 0.401. The molecule has 1 heterocycles. The van der Waals surface area contributed by atoms with Crippen LogP contribution >= 0.6 is 0 Å². The molecular formula is C32H46N2O2. The number of hydrogen-bond acceptors (Lipinski definition) is 4. The third-order valence-corrected chi connectivity index (χ3v) is 6.28. The van der Waals surface area contributed by atoms with Gasteiger partial charge in [-0.05, 0) is 35.1 Å². The first-order valence-electron chi connectivity index (χ1n) is 13.1. The van der Waals surface area contributed by atoms with E-state index in [-0.39, 0.29) is 22.4 Å². The van der Waals surface area contributed by atoms with E-state index in [0.717, 1.165) is 35.8 Å². The van der Waals surface area contributed by atoms with Gasteiger partial charge in [-0.2, -0.15) is 0 Å². The molecule has 1 aliphatic heterocycles. The first-order valence-corrected chi connectivity index (χ1v) is 13.1. The molecule has 4 heteroatoms. The van der Waals surface area contributed by atoms with Gasteiger partial charge in [-0.1, -0.05) is 95.2 Å². The van der Waals surface area contributed by atoms with Crippen molar-refractivity contribution in [2.75, 3.05) is 22.9 Å². The molecule has 1 aliphatic rings. The van der Waals surface area contributed by atoms with Gasteiger partial charge in [0, 0.05) is 29.5 Å². The van der Waals surface area contributed by atoms with Crippen molar-refractivity contribution in [2.24, 2.45) is 21.7 Å². The van der Waals surface area contributed by atoms with E-state index in [4.69, 9.17) is 0 Å². The first-order chi connectivity index (χ1) is 16.2. The lowest BCUT2D eigenvalue weighted by Crippen LogP contribution is -2.40. The van der Waals surface area contributed by atoms with Crippen LogP contribution in [-0.4, -0.2) is 24.7 Å². The lowest BCUT2D eigenvalue weighted by Gasteiger charge is -2.45. The van der Waals surface area contributed by atoms with E-state index in [0.29, 0.717) is 11.1 Å². The number of ketones is 2. The molecule has 0 spiro atoms. The number of fused-ring (bicyclic) bond motifs is 2. The number of carbonyl (C=O) groups is 2. The van der Waals surface area contributed by atoms with Crippen LogP contribution in [0.3, 0.4) is 0 Å². The zero-order valence-corrected chi connectivity index (χ0v) is 24.6. The normalized spacial score (nSPS) is 14.4. The number of anilines is 4. The van der Waals surface area contributed by atoms with Crippen LogP contribution in [0.2, 0.25) is 0 Å². The predicted molar refractivity (Wildman–Crippen MR) is 153 cm³/mol. The van der Waals surface area contributed by atoms with E-state index in [2.05, 4.69) is 81.7 Å². The summed E-state index contributed by atoms with van der Waals surface area (Å²) in [7, 11) is 0. The van der Waals surface area contributed by atoms with Crippen LogP contribution in [0.1, 0.15) is 104 Å². The van der Waals surface area contributed by atoms with Crippen LogP contribution in [0.4, 0.5) is 22.7 Å². The van der Waals surface area contributed by atoms with Crippen LogP contribution in [0.15, 0.2) is 36.4 Å². The first kappa shape index (κ1) is 28.0. The summed E-state index contributed by atoms with van der Waals surface area (Å²) >= 11 is 0. The van der Waals surface area contributed by atoms with Crippen molar-refractivity contribution >= 4 is 34.3 Å². The van der Waals surface area contributed by atoms with Gasteiger partial charge in [-0.3, -0.25) is 9.59 Å². The maximum absolute atomic E-state index is 14.2. The summed E-state index contributed by atoms with van der Waals surface area (Å²) in [5.41, 5.74) is 3.88. The monoisotopic (exact) mass is 490 g/mol. The van der Waals surface area contributed by atoms with Crippen LogP contribution in [0, 0.1) is 21.7 Å². The number of Topliss-reactive ketones (excluding diaryl/α,β-unsaturated/α-hetero) is 2. The average Bonchev–Trinajstić information content (AvgIpc) is 2.71. The van der Waals surface area contributed by atoms with Gasteiger partial charge in [-0.15, -0.1) is 0 Å². The number of carbonyl (C=O) groups excluding carboxylic acids is 2. The minimum Gasteiger partial charge on any atom is -0.338 e. The molecule has 0 atom stereocenters. The van der Waals surface area contributed by atoms with E-state index in [1.807, 2.05) is 47.6 Å². The zero-order valence-electron chi connectivity index (χ0n) is 24.6. The Morgan fingerprint density at radius 1 is 0.583 bits per heavy atom. The van der Waals surface area contributed by atoms with Gasteiger partial charge in [0.25, 0.3) is 0 Å². The molecule has 0 radical (unpaired) electrons. The minimum absolute atomic E-state index is 0.000879. The molecule has 196 valence electrons. The third kappa shape index (κ3) is 5.68. The number of nitrogens with zero attached hydrogens (tertiary/aromatic N) is 2. The molecule has 0 aliphatic carbocycles. The Balaban J connectivity index is 2.49. The predicted octanol–water partition coefficient (Wildman–Crippen LogP) is 8.83. The Morgan fingerprint density at radius 2 is 1.03 bits per heavy atom. The molecule has 36 heavy (non-hydrogen) atoms. The second-order valence-corrected chi connectivity index (χ2v) is 14.8. The summed E-state index contributed by atoms with van der Waals surface area (Å²) in [6, 6.07) is 12.4. The molecule has 0 saturated heterocycles. The molecule has 2 aromatic rings. The van der Waals surface area contributed by atoms with Crippen LogP contribution in [-0.2, 0) is 0 Å². The highest BCUT2D eigenvalue weighted by Gasteiger charge is 2.40. The Bertz CT molecular complexity index is 1160. The third-order valence-electron chi connectivity index (χ3n) is 6.28. The van der Waals surface area contributed by atoms with Gasteiger partial charge in [0.15, 0.2) is 11.6 Å². The van der Waals surface area contributed by atoms with Crippen molar-refractivity contribution in [1.29, 1.82) is 0 Å². The highest BCUT2D eigenvalue weighted by Crippen LogP contribution is 2.53. The maximum atomic E-state index is 14.2. The highest BCUT2D eigenvalue weighted by molar-refractivity contribution is 6.18. The van der Waals surface area contributed by atoms with Crippen molar-refractivity contribution in [3.05, 3.63) is 47.5 Å². The smallest absolute Gasteiger partial charge is 0.171 e. The molecule has 0 fully saturated rings. The van der Waals surface area contributed by atoms with Gasteiger partial charge in [0.05, 0.1) is 28.3 Å². The molecule has 4 nitrogen and oxygen atoms in total. The second kappa shape index (κ2) is 9.04. The average molecular weight is 491 g/mol. The molecule has 0 unspecified atom stereocenters. The number of rotatable bonds is 4. The summed E-state index contributed by atoms with van der Waals surface area (Å²) in [5.74, 6) is -0.00390. The van der Waals surface area contributed by atoms with Crippen LogP contribution in [0.5, 0.6) is 0 Å². The summed E-state index contributed by atoms with van der Waals surface area (Å²) < 4.78 is 0. The van der Waals surface area contributed by atoms with Crippen LogP contribution < -0.4 is 9.80 Å². The van der Waals surface area contributed by atoms with Crippen molar-refractivity contribution < 1.29 is 9.59 Å². The lowest BCUT2D eigenvalue weighted by atomic mass is 9.77. The second-order valence-electron chi connectivity index (χ2n) is 14.8. The SMILES string of the molecule is CC(C)(C)CN1c2ccccc2N(CC(C)(C)C)c2c1ccc(C(=O)C(C)(C)C)c2C(=O)C(C)(C)C. The summed E-state index contributed by atoms with van der Waals surface area (Å²) in [6.45, 7) is 26.4. The zero-order chi connectivity index (χ0) is 27.4. The van der Waals surface area contributed by atoms with E-state index in [1.54, 1.807) is 0 Å². The molecule has 0 N–H and O–H groups in total. The van der Waals surface area contributed by atoms with Crippen molar-refractivity contribution in [3.8, 4) is 0 Å². The highest BCUT2D eigenvalue weighted by atomic mass is 16.1. The standard InChI is InChI=1S/C32H46N2O2/c1-29(2,3)19-33-22-15-13-14-16-23(22)34(20-30(4,5)6)26-24(33)18-17-21(27(35)31(7,8)9)25(26)28(36)32(10,11)12/h13-18H,19-20H2,1-12H3. The summed E-state index contributed by atoms with van der Waals surface area (Å²) in [5, 5.41) is 0. The molecule has 0 saturated carbocycles. The van der Waals surface area contributed by atoms with E-state index >= 15 is 0 Å². The Morgan fingerprint density at radius 3 is 1.47 bits per heavy atom. The van der Waals surface area contributed by atoms with E-state index in [9.17, 15) is 9.59 Å². The topological polar surface area (TPSA) is 40.6 Å². The molecule has 3 rings (SSSR count). The number of hydrogen-bond donors (Lipinski definition) is 0. The van der Waals surface area contributed by atoms with E-state index in [1.165, 1.54) is 0 Å². The van der Waals surface area contributed by atoms with E-state index < -0.39 is 10.8 Å². The molecule has 0 bridgehead atoms. The van der Waals surface area contributed by atoms with Gasteiger partial charge in [-0.25, -0.2) is 0 Å². The lowest BCUT2D eigenvalue weighted by molar-refractivity contribution is 0.0824. The number of benzene rings is 2. The van der Waals surface area contributed by atoms with Gasteiger partial charge >= 0.3 is 0 Å². The van der Waals surface area contributed by atoms with Gasteiger partial charge in [0.2, 0.25) is 0 Å². The fourth-order valence-electron chi connectivity index (χ4n) is 4.72. The fourth-order valence-corrected chi connectivity index (χ4v) is 4.72. The van der Waals surface area contributed by atoms with Crippen molar-refractivity contribution in [1.82, 2.24) is 0 Å². The molecule has 2 aromatic carbocycles. The largest absolute Gasteiger partial charge is 0.338 e. The Hall–Kier alpha value is -2.62. The van der Waals surface area contributed by atoms with Crippen LogP contribution in [0.25, 0.3) is 0 Å². The minimum atomic E-state index is -0.638. The number of para-hydroxylation sites is 2. The summed E-state index contributed by atoms with van der Waals surface area (Å²) in [6.07, 6.45) is 0.